The maximum atomic E-state index is 5.96. The van der Waals surface area contributed by atoms with Crippen molar-refractivity contribution in [2.45, 2.75) is 45.9 Å². The van der Waals surface area contributed by atoms with Crippen molar-refractivity contribution in [1.29, 1.82) is 0 Å². The molecule has 0 aliphatic carbocycles. The molecule has 0 amide bonds. The lowest BCUT2D eigenvalue weighted by Crippen LogP contribution is -2.57. The lowest BCUT2D eigenvalue weighted by molar-refractivity contribution is -0.0500. The van der Waals surface area contributed by atoms with Gasteiger partial charge in [-0.3, -0.25) is 9.80 Å². The van der Waals surface area contributed by atoms with Gasteiger partial charge in [-0.1, -0.05) is 13.8 Å². The summed E-state index contributed by atoms with van der Waals surface area (Å²) in [7, 11) is 0. The fourth-order valence-corrected chi connectivity index (χ4v) is 3.45. The molecule has 2 rings (SSSR count). The summed E-state index contributed by atoms with van der Waals surface area (Å²) in [5, 5.41) is 3.59. The van der Waals surface area contributed by atoms with Crippen LogP contribution in [-0.2, 0) is 4.74 Å². The van der Waals surface area contributed by atoms with Gasteiger partial charge in [-0.25, -0.2) is 0 Å². The van der Waals surface area contributed by atoms with E-state index in [0.29, 0.717) is 18.2 Å². The first-order valence-corrected chi connectivity index (χ1v) is 7.85. The van der Waals surface area contributed by atoms with Crippen molar-refractivity contribution in [3.05, 3.63) is 0 Å². The van der Waals surface area contributed by atoms with E-state index in [1.165, 1.54) is 6.54 Å². The number of morpholine rings is 1. The number of ether oxygens (including phenoxy) is 1. The monoisotopic (exact) mass is 269 g/mol. The van der Waals surface area contributed by atoms with Crippen LogP contribution in [0.15, 0.2) is 0 Å². The van der Waals surface area contributed by atoms with Gasteiger partial charge in [0.05, 0.1) is 12.7 Å². The van der Waals surface area contributed by atoms with Gasteiger partial charge < -0.3 is 10.1 Å². The molecule has 0 saturated carbocycles. The summed E-state index contributed by atoms with van der Waals surface area (Å²) in [6.45, 7) is 16.8. The molecule has 4 heteroatoms. The van der Waals surface area contributed by atoms with E-state index in [4.69, 9.17) is 4.74 Å². The van der Waals surface area contributed by atoms with Crippen molar-refractivity contribution in [3.8, 4) is 0 Å². The summed E-state index contributed by atoms with van der Waals surface area (Å²) in [5.41, 5.74) is 0. The molecule has 2 heterocycles. The van der Waals surface area contributed by atoms with Gasteiger partial charge in [0.25, 0.3) is 0 Å². The Kier molecular flexibility index (Phi) is 5.63. The molecule has 0 aromatic heterocycles. The summed E-state index contributed by atoms with van der Waals surface area (Å²) in [5.74, 6) is 0.748. The number of nitrogens with zero attached hydrogens (tertiary/aromatic N) is 2. The molecule has 0 bridgehead atoms. The Morgan fingerprint density at radius 1 is 1.11 bits per heavy atom. The molecular weight excluding hydrogens is 238 g/mol. The van der Waals surface area contributed by atoms with Gasteiger partial charge in [-0.05, 0) is 19.8 Å². The molecule has 2 saturated heterocycles. The molecular formula is C15H31N3O. The number of rotatable bonds is 4. The molecule has 2 fully saturated rings. The Morgan fingerprint density at radius 2 is 1.79 bits per heavy atom. The highest BCUT2D eigenvalue weighted by molar-refractivity contribution is 4.84. The van der Waals surface area contributed by atoms with Gasteiger partial charge in [-0.15, -0.1) is 0 Å². The molecule has 112 valence electrons. The summed E-state index contributed by atoms with van der Waals surface area (Å²) in [6, 6.07) is 1.19. The molecule has 1 N–H and O–H groups in total. The smallest absolute Gasteiger partial charge is 0.0829 e. The van der Waals surface area contributed by atoms with Crippen molar-refractivity contribution in [1.82, 2.24) is 15.1 Å². The summed E-state index contributed by atoms with van der Waals surface area (Å²) in [4.78, 5) is 5.13. The quantitative estimate of drug-likeness (QED) is 0.825. The first-order valence-electron chi connectivity index (χ1n) is 7.85. The van der Waals surface area contributed by atoms with Crippen molar-refractivity contribution >= 4 is 0 Å². The number of hydrogen-bond acceptors (Lipinski definition) is 4. The van der Waals surface area contributed by atoms with E-state index in [-0.39, 0.29) is 0 Å². The van der Waals surface area contributed by atoms with Crippen LogP contribution >= 0.6 is 0 Å². The summed E-state index contributed by atoms with van der Waals surface area (Å²) < 4.78 is 5.96. The zero-order valence-electron chi connectivity index (χ0n) is 13.1. The Morgan fingerprint density at radius 3 is 2.42 bits per heavy atom. The minimum atomic E-state index is 0.394. The van der Waals surface area contributed by atoms with E-state index in [2.05, 4.69) is 42.8 Å². The molecule has 3 atom stereocenters. The summed E-state index contributed by atoms with van der Waals surface area (Å²) in [6.07, 6.45) is 0.394. The van der Waals surface area contributed by atoms with Crippen LogP contribution in [0.3, 0.4) is 0 Å². The van der Waals surface area contributed by atoms with Crippen LogP contribution in [0.1, 0.15) is 27.7 Å². The summed E-state index contributed by atoms with van der Waals surface area (Å²) >= 11 is 0. The normalized spacial score (nSPS) is 34.9. The standard InChI is InChI=1S/C15H31N3O/c1-12(2)7-17-5-6-19-15(10-17)11-18-8-13(3)16-14(4)9-18/h12-16H,5-11H2,1-4H3. The Hall–Kier alpha value is -0.160. The molecule has 0 aromatic rings. The number of piperazine rings is 1. The van der Waals surface area contributed by atoms with Gasteiger partial charge >= 0.3 is 0 Å². The SMILES string of the molecule is CC(C)CN1CCOC(CN2CC(C)NC(C)C2)C1. The fraction of sp³-hybridized carbons (Fsp3) is 1.00. The lowest BCUT2D eigenvalue weighted by Gasteiger charge is -2.40. The predicted molar refractivity (Wildman–Crippen MR) is 79.5 cm³/mol. The highest BCUT2D eigenvalue weighted by atomic mass is 16.5. The highest BCUT2D eigenvalue weighted by Gasteiger charge is 2.26. The number of nitrogens with one attached hydrogen (secondary N) is 1. The number of hydrogen-bond donors (Lipinski definition) is 1. The molecule has 2 aliphatic heterocycles. The van der Waals surface area contributed by atoms with Gasteiger partial charge in [-0.2, -0.15) is 0 Å². The van der Waals surface area contributed by atoms with E-state index < -0.39 is 0 Å². The highest BCUT2D eigenvalue weighted by Crippen LogP contribution is 2.11. The second-order valence-corrected chi connectivity index (χ2v) is 6.83. The Labute approximate surface area is 118 Å². The van der Waals surface area contributed by atoms with Crippen LogP contribution in [0.2, 0.25) is 0 Å². The minimum Gasteiger partial charge on any atom is -0.374 e. The second-order valence-electron chi connectivity index (χ2n) is 6.83. The molecule has 0 radical (unpaired) electrons. The van der Waals surface area contributed by atoms with Crippen LogP contribution in [0.25, 0.3) is 0 Å². The van der Waals surface area contributed by atoms with Crippen molar-refractivity contribution in [2.75, 3.05) is 45.9 Å². The van der Waals surface area contributed by atoms with Crippen LogP contribution in [0.5, 0.6) is 0 Å². The maximum Gasteiger partial charge on any atom is 0.0829 e. The molecule has 0 aromatic carbocycles. The van der Waals surface area contributed by atoms with Gasteiger partial charge in [0.1, 0.15) is 0 Å². The van der Waals surface area contributed by atoms with E-state index in [0.717, 1.165) is 45.2 Å². The Bertz CT molecular complexity index is 262. The van der Waals surface area contributed by atoms with Crippen LogP contribution in [-0.4, -0.2) is 73.9 Å². The molecule has 4 nitrogen and oxygen atoms in total. The largest absolute Gasteiger partial charge is 0.374 e. The zero-order chi connectivity index (χ0) is 13.8. The minimum absolute atomic E-state index is 0.394. The first kappa shape index (κ1) is 15.2. The first-order chi connectivity index (χ1) is 9.02. The van der Waals surface area contributed by atoms with Crippen molar-refractivity contribution in [3.63, 3.8) is 0 Å². The third-order valence-electron chi connectivity index (χ3n) is 3.94. The van der Waals surface area contributed by atoms with Gasteiger partial charge in [0.15, 0.2) is 0 Å². The van der Waals surface area contributed by atoms with E-state index in [1.54, 1.807) is 0 Å². The maximum absolute atomic E-state index is 5.96. The fourth-order valence-electron chi connectivity index (χ4n) is 3.45. The van der Waals surface area contributed by atoms with E-state index >= 15 is 0 Å². The second kappa shape index (κ2) is 7.02. The van der Waals surface area contributed by atoms with Crippen LogP contribution < -0.4 is 5.32 Å². The third-order valence-corrected chi connectivity index (χ3v) is 3.94. The zero-order valence-corrected chi connectivity index (χ0v) is 13.1. The van der Waals surface area contributed by atoms with E-state index in [1.807, 2.05) is 0 Å². The van der Waals surface area contributed by atoms with Crippen LogP contribution in [0.4, 0.5) is 0 Å². The molecule has 3 unspecified atom stereocenters. The lowest BCUT2D eigenvalue weighted by atomic mass is 10.1. The third kappa shape index (κ3) is 5.03. The average Bonchev–Trinajstić information content (AvgIpc) is 2.26. The average molecular weight is 269 g/mol. The van der Waals surface area contributed by atoms with Crippen molar-refractivity contribution in [2.24, 2.45) is 5.92 Å². The van der Waals surface area contributed by atoms with Crippen molar-refractivity contribution < 1.29 is 4.74 Å². The van der Waals surface area contributed by atoms with Crippen LogP contribution in [0, 0.1) is 5.92 Å². The van der Waals surface area contributed by atoms with Gasteiger partial charge in [0.2, 0.25) is 0 Å². The molecule has 0 spiro atoms. The predicted octanol–water partition coefficient (Wildman–Crippen LogP) is 1.03. The topological polar surface area (TPSA) is 27.7 Å². The van der Waals surface area contributed by atoms with E-state index in [9.17, 15) is 0 Å². The molecule has 19 heavy (non-hydrogen) atoms. The molecule has 2 aliphatic rings. The Balaban J connectivity index is 1.78. The van der Waals surface area contributed by atoms with Gasteiger partial charge in [0, 0.05) is 51.4 Å².